The highest BCUT2D eigenvalue weighted by molar-refractivity contribution is 7.92. The number of amides is 1. The predicted molar refractivity (Wildman–Crippen MR) is 131 cm³/mol. The van der Waals surface area contributed by atoms with Gasteiger partial charge in [-0.05, 0) is 54.6 Å². The number of methoxy groups -OCH3 is 2. The Labute approximate surface area is 201 Å². The quantitative estimate of drug-likeness (QED) is 0.385. The van der Waals surface area contributed by atoms with Crippen molar-refractivity contribution in [2.45, 2.75) is 11.4 Å². The van der Waals surface area contributed by atoms with Gasteiger partial charge in [0.25, 0.3) is 15.6 Å². The number of benzene rings is 3. The van der Waals surface area contributed by atoms with E-state index in [1.54, 1.807) is 48.5 Å². The number of hydrogen-bond donors (Lipinski definition) is 2. The second kappa shape index (κ2) is 9.85. The van der Waals surface area contributed by atoms with Crippen LogP contribution in [0.25, 0.3) is 10.9 Å². The maximum Gasteiger partial charge on any atom is 0.265 e. The summed E-state index contributed by atoms with van der Waals surface area (Å²) in [7, 11) is -1.20. The molecule has 1 aromatic heterocycles. The summed E-state index contributed by atoms with van der Waals surface area (Å²) in [5, 5.41) is 3.01. The minimum Gasteiger partial charge on any atom is -0.497 e. The topological polar surface area (TPSA) is 129 Å². The summed E-state index contributed by atoms with van der Waals surface area (Å²) in [6, 6.07) is 17.4. The molecule has 0 aliphatic rings. The maximum absolute atomic E-state index is 13.0. The lowest BCUT2D eigenvalue weighted by atomic mass is 10.2. The Morgan fingerprint density at radius 2 is 1.69 bits per heavy atom. The molecule has 4 rings (SSSR count). The lowest BCUT2D eigenvalue weighted by Crippen LogP contribution is -2.28. The van der Waals surface area contributed by atoms with E-state index in [0.29, 0.717) is 22.3 Å². The van der Waals surface area contributed by atoms with Crippen molar-refractivity contribution in [2.24, 2.45) is 0 Å². The van der Waals surface area contributed by atoms with Crippen LogP contribution < -0.4 is 25.1 Å². The summed E-state index contributed by atoms with van der Waals surface area (Å²) in [5.74, 6) is 0.149. The fourth-order valence-electron chi connectivity index (χ4n) is 3.41. The van der Waals surface area contributed by atoms with Crippen LogP contribution in [0.15, 0.2) is 82.7 Å². The molecule has 0 saturated heterocycles. The first kappa shape index (κ1) is 23.8. The molecule has 0 bridgehead atoms. The lowest BCUT2D eigenvalue weighted by Gasteiger charge is -2.14. The zero-order valence-corrected chi connectivity index (χ0v) is 19.7. The zero-order valence-electron chi connectivity index (χ0n) is 18.9. The van der Waals surface area contributed by atoms with E-state index in [0.717, 1.165) is 0 Å². The number of sulfonamides is 1. The van der Waals surface area contributed by atoms with Gasteiger partial charge < -0.3 is 14.8 Å². The van der Waals surface area contributed by atoms with Gasteiger partial charge in [-0.2, -0.15) is 0 Å². The van der Waals surface area contributed by atoms with Crippen LogP contribution in [-0.2, 0) is 21.4 Å². The minimum absolute atomic E-state index is 0.0963. The normalized spacial score (nSPS) is 11.1. The van der Waals surface area contributed by atoms with Gasteiger partial charge >= 0.3 is 0 Å². The van der Waals surface area contributed by atoms with Gasteiger partial charge in [0.05, 0.1) is 31.4 Å². The average molecular weight is 495 g/mol. The van der Waals surface area contributed by atoms with Crippen molar-refractivity contribution in [1.82, 2.24) is 9.55 Å². The number of carbonyl (C=O) groups is 1. The van der Waals surface area contributed by atoms with Crippen molar-refractivity contribution >= 4 is 38.2 Å². The van der Waals surface area contributed by atoms with Gasteiger partial charge in [0.1, 0.15) is 22.9 Å². The molecular formula is C24H22N4O6S. The molecule has 4 aromatic rings. The van der Waals surface area contributed by atoms with Gasteiger partial charge in [-0.3, -0.25) is 18.9 Å². The summed E-state index contributed by atoms with van der Waals surface area (Å²) in [4.78, 5) is 29.3. The molecule has 0 unspecified atom stereocenters. The van der Waals surface area contributed by atoms with Gasteiger partial charge in [0.2, 0.25) is 5.91 Å². The van der Waals surface area contributed by atoms with Gasteiger partial charge in [-0.15, -0.1) is 0 Å². The first-order valence-corrected chi connectivity index (χ1v) is 11.9. The maximum atomic E-state index is 13.0. The van der Waals surface area contributed by atoms with Crippen LogP contribution in [0.4, 0.5) is 11.4 Å². The van der Waals surface area contributed by atoms with Crippen LogP contribution in [0.1, 0.15) is 0 Å². The second-order valence-electron chi connectivity index (χ2n) is 7.44. The Morgan fingerprint density at radius 1 is 0.971 bits per heavy atom. The Bertz CT molecular complexity index is 1550. The number of fused-ring (bicyclic) bond motifs is 1. The number of carbonyl (C=O) groups excluding carboxylic acids is 1. The molecule has 0 atom stereocenters. The predicted octanol–water partition coefficient (Wildman–Crippen LogP) is 2.85. The van der Waals surface area contributed by atoms with E-state index in [4.69, 9.17) is 9.47 Å². The van der Waals surface area contributed by atoms with Crippen LogP contribution in [-0.4, -0.2) is 38.1 Å². The van der Waals surface area contributed by atoms with Crippen molar-refractivity contribution in [3.8, 4) is 11.5 Å². The number of rotatable bonds is 8. The molecule has 0 aliphatic heterocycles. The Kier molecular flexibility index (Phi) is 6.69. The molecule has 3 aromatic carbocycles. The van der Waals surface area contributed by atoms with E-state index in [9.17, 15) is 18.0 Å². The van der Waals surface area contributed by atoms with E-state index < -0.39 is 15.9 Å². The Morgan fingerprint density at radius 3 is 2.40 bits per heavy atom. The molecule has 0 aliphatic carbocycles. The molecule has 180 valence electrons. The number of aromatic nitrogens is 2. The van der Waals surface area contributed by atoms with Crippen LogP contribution in [0.2, 0.25) is 0 Å². The summed E-state index contributed by atoms with van der Waals surface area (Å²) in [6.07, 6.45) is 1.30. The van der Waals surface area contributed by atoms with Gasteiger partial charge in [-0.25, -0.2) is 13.4 Å². The highest BCUT2D eigenvalue weighted by Gasteiger charge is 2.21. The fraction of sp³-hybridized carbons (Fsp3) is 0.125. The monoisotopic (exact) mass is 494 g/mol. The lowest BCUT2D eigenvalue weighted by molar-refractivity contribution is -0.116. The van der Waals surface area contributed by atoms with E-state index in [1.165, 1.54) is 43.3 Å². The number of ether oxygens (including phenoxy) is 2. The van der Waals surface area contributed by atoms with Crippen molar-refractivity contribution in [3.63, 3.8) is 0 Å². The highest BCUT2D eigenvalue weighted by atomic mass is 32.2. The molecule has 0 spiro atoms. The molecule has 2 N–H and O–H groups in total. The summed E-state index contributed by atoms with van der Waals surface area (Å²) < 4.78 is 40.0. The molecule has 11 heteroatoms. The zero-order chi connectivity index (χ0) is 25.0. The smallest absolute Gasteiger partial charge is 0.265 e. The third kappa shape index (κ3) is 5.25. The number of nitrogens with zero attached hydrogens (tertiary/aromatic N) is 2. The van der Waals surface area contributed by atoms with Crippen LogP contribution in [0.3, 0.4) is 0 Å². The third-order valence-electron chi connectivity index (χ3n) is 5.12. The van der Waals surface area contributed by atoms with Crippen molar-refractivity contribution in [1.29, 1.82) is 0 Å². The Hall–Kier alpha value is -4.38. The molecule has 0 saturated carbocycles. The molecular weight excluding hydrogens is 472 g/mol. The van der Waals surface area contributed by atoms with E-state index in [2.05, 4.69) is 15.0 Å². The van der Waals surface area contributed by atoms with Gasteiger partial charge in [0.15, 0.2) is 0 Å². The van der Waals surface area contributed by atoms with Gasteiger partial charge in [0, 0.05) is 11.4 Å². The molecule has 1 heterocycles. The fourth-order valence-corrected chi connectivity index (χ4v) is 4.66. The summed E-state index contributed by atoms with van der Waals surface area (Å²) >= 11 is 0. The second-order valence-corrected chi connectivity index (χ2v) is 9.09. The van der Waals surface area contributed by atoms with Crippen molar-refractivity contribution < 1.29 is 22.7 Å². The first-order valence-electron chi connectivity index (χ1n) is 10.4. The van der Waals surface area contributed by atoms with Crippen LogP contribution >= 0.6 is 0 Å². The van der Waals surface area contributed by atoms with E-state index >= 15 is 0 Å². The number of nitrogens with one attached hydrogen (secondary N) is 2. The average Bonchev–Trinajstić information content (AvgIpc) is 2.86. The summed E-state index contributed by atoms with van der Waals surface area (Å²) in [5.41, 5.74) is 0.717. The highest BCUT2D eigenvalue weighted by Crippen LogP contribution is 2.29. The van der Waals surface area contributed by atoms with Crippen LogP contribution in [0.5, 0.6) is 11.5 Å². The van der Waals surface area contributed by atoms with E-state index in [1.807, 2.05) is 0 Å². The number of anilines is 2. The van der Waals surface area contributed by atoms with Crippen molar-refractivity contribution in [3.05, 3.63) is 83.4 Å². The molecule has 35 heavy (non-hydrogen) atoms. The Balaban J connectivity index is 1.55. The summed E-state index contributed by atoms with van der Waals surface area (Å²) in [6.45, 7) is -0.297. The number of para-hydroxylation sites is 1. The largest absolute Gasteiger partial charge is 0.497 e. The van der Waals surface area contributed by atoms with Gasteiger partial charge in [-0.1, -0.05) is 12.1 Å². The first-order chi connectivity index (χ1) is 16.8. The molecule has 1 amide bonds. The molecule has 10 nitrogen and oxygen atoms in total. The molecule has 0 fully saturated rings. The standard InChI is InChI=1S/C24H22N4O6S/c1-33-18-10-7-16(8-11-18)27-35(31,32)22-13-17(9-12-21(22)34-2)26-23(29)14-28-15-25-20-6-4-3-5-19(20)24(28)30/h3-13,15,27H,14H2,1-2H3,(H,26,29). The third-order valence-corrected chi connectivity index (χ3v) is 6.53. The minimum atomic E-state index is -4.06. The van der Waals surface area contributed by atoms with E-state index in [-0.39, 0.29) is 28.4 Å². The molecule has 0 radical (unpaired) electrons. The van der Waals surface area contributed by atoms with Crippen molar-refractivity contribution in [2.75, 3.05) is 24.3 Å². The van der Waals surface area contributed by atoms with Crippen LogP contribution in [0, 0.1) is 0 Å². The number of hydrogen-bond acceptors (Lipinski definition) is 7. The SMILES string of the molecule is COc1ccc(NS(=O)(=O)c2cc(NC(=O)Cn3cnc4ccccc4c3=O)ccc2OC)cc1.